The Labute approximate surface area is 166 Å². The number of hydrogen-bond donors (Lipinski definition) is 2. The highest BCUT2D eigenvalue weighted by atomic mass is 35.5. The van der Waals surface area contributed by atoms with E-state index in [4.69, 9.17) is 21.4 Å². The summed E-state index contributed by atoms with van der Waals surface area (Å²) in [5.74, 6) is -1.20. The third-order valence-electron chi connectivity index (χ3n) is 3.55. The molecule has 2 N–H and O–H groups in total. The zero-order chi connectivity index (χ0) is 20.6. The van der Waals surface area contributed by atoms with Crippen molar-refractivity contribution in [3.8, 4) is 5.88 Å². The summed E-state index contributed by atoms with van der Waals surface area (Å²) in [6, 6.07) is 8.67. The van der Waals surface area contributed by atoms with Crippen LogP contribution in [-0.4, -0.2) is 40.2 Å². The van der Waals surface area contributed by atoms with Crippen molar-refractivity contribution in [3.05, 3.63) is 51.9 Å². The zero-order valence-corrected chi connectivity index (χ0v) is 17.5. The molecule has 7 heteroatoms. The zero-order valence-electron chi connectivity index (χ0n) is 16.7. The molecular formula is C20H28ClN3O3. The minimum Gasteiger partial charge on any atom is -0.481 e. The number of nitrogens with zero attached hydrogens (tertiary/aromatic N) is 2. The van der Waals surface area contributed by atoms with Gasteiger partial charge in [0.05, 0.1) is 7.11 Å². The van der Waals surface area contributed by atoms with Crippen LogP contribution in [0.1, 0.15) is 55.1 Å². The molecule has 2 aromatic rings. The number of carboxylic acid groups (broad SMARTS) is 1. The van der Waals surface area contributed by atoms with E-state index < -0.39 is 5.97 Å². The molecule has 2 rings (SSSR count). The average Bonchev–Trinajstić information content (AvgIpc) is 2.57. The molecule has 0 fully saturated rings. The molecule has 0 atom stereocenters. The summed E-state index contributed by atoms with van der Waals surface area (Å²) in [5.41, 5.74) is 2.20. The summed E-state index contributed by atoms with van der Waals surface area (Å²) in [6.45, 7) is 10.3. The third kappa shape index (κ3) is 7.53. The summed E-state index contributed by atoms with van der Waals surface area (Å²) in [7, 11) is 1.45. The SMILES string of the molecule is CC(C)NC(C)C.COc1nc(C(=O)O)nc(C)c1Cc1ccccc1Cl. The van der Waals surface area contributed by atoms with Gasteiger partial charge in [0.25, 0.3) is 0 Å². The topological polar surface area (TPSA) is 84.3 Å². The van der Waals surface area contributed by atoms with Gasteiger partial charge in [0, 0.05) is 34.8 Å². The molecule has 0 spiro atoms. The van der Waals surface area contributed by atoms with Crippen molar-refractivity contribution in [1.82, 2.24) is 15.3 Å². The first-order valence-corrected chi connectivity index (χ1v) is 9.17. The summed E-state index contributed by atoms with van der Waals surface area (Å²) in [4.78, 5) is 18.8. The molecule has 1 aromatic carbocycles. The lowest BCUT2D eigenvalue weighted by Crippen LogP contribution is -2.29. The van der Waals surface area contributed by atoms with Gasteiger partial charge >= 0.3 is 5.97 Å². The maximum atomic E-state index is 10.9. The molecule has 148 valence electrons. The summed E-state index contributed by atoms with van der Waals surface area (Å²) in [6.07, 6.45) is 0.481. The van der Waals surface area contributed by atoms with Crippen LogP contribution in [-0.2, 0) is 6.42 Å². The largest absolute Gasteiger partial charge is 0.481 e. The fourth-order valence-electron chi connectivity index (χ4n) is 2.54. The van der Waals surface area contributed by atoms with Crippen LogP contribution in [0.3, 0.4) is 0 Å². The Hall–Kier alpha value is -2.18. The van der Waals surface area contributed by atoms with Gasteiger partial charge in [0.2, 0.25) is 11.7 Å². The van der Waals surface area contributed by atoms with E-state index in [2.05, 4.69) is 43.0 Å². The van der Waals surface area contributed by atoms with Crippen molar-refractivity contribution < 1.29 is 14.6 Å². The second kappa shape index (κ2) is 10.8. The molecule has 0 aliphatic carbocycles. The third-order valence-corrected chi connectivity index (χ3v) is 3.92. The van der Waals surface area contributed by atoms with E-state index in [1.54, 1.807) is 13.0 Å². The molecule has 0 amide bonds. The van der Waals surface area contributed by atoms with Crippen LogP contribution < -0.4 is 10.1 Å². The molecule has 27 heavy (non-hydrogen) atoms. The number of methoxy groups -OCH3 is 1. The molecule has 0 aliphatic rings. The molecule has 6 nitrogen and oxygen atoms in total. The highest BCUT2D eigenvalue weighted by Crippen LogP contribution is 2.25. The Kier molecular flexibility index (Phi) is 9.18. The van der Waals surface area contributed by atoms with Gasteiger partial charge in [-0.25, -0.2) is 9.78 Å². The van der Waals surface area contributed by atoms with Gasteiger partial charge in [-0.15, -0.1) is 0 Å². The van der Waals surface area contributed by atoms with Crippen molar-refractivity contribution in [1.29, 1.82) is 0 Å². The van der Waals surface area contributed by atoms with Crippen molar-refractivity contribution >= 4 is 17.6 Å². The van der Waals surface area contributed by atoms with E-state index in [9.17, 15) is 4.79 Å². The molecule has 0 bridgehead atoms. The van der Waals surface area contributed by atoms with Gasteiger partial charge in [-0.05, 0) is 18.6 Å². The molecule has 1 aromatic heterocycles. The molecular weight excluding hydrogens is 366 g/mol. The predicted octanol–water partition coefficient (Wildman–Crippen LogP) is 4.13. The Morgan fingerprint density at radius 3 is 2.22 bits per heavy atom. The Morgan fingerprint density at radius 2 is 1.78 bits per heavy atom. The fourth-order valence-corrected chi connectivity index (χ4v) is 2.74. The maximum Gasteiger partial charge on any atom is 0.374 e. The van der Waals surface area contributed by atoms with E-state index in [0.717, 1.165) is 11.1 Å². The summed E-state index contributed by atoms with van der Waals surface area (Å²) >= 11 is 6.13. The van der Waals surface area contributed by atoms with Crippen molar-refractivity contribution in [2.45, 2.75) is 53.1 Å². The number of aromatic carboxylic acids is 1. The molecule has 0 saturated carbocycles. The van der Waals surface area contributed by atoms with E-state index in [1.165, 1.54) is 7.11 Å². The second-order valence-electron chi connectivity index (χ2n) is 6.67. The number of hydrogen-bond acceptors (Lipinski definition) is 5. The number of ether oxygens (including phenoxy) is 1. The van der Waals surface area contributed by atoms with Crippen LogP contribution in [0.5, 0.6) is 5.88 Å². The number of aryl methyl sites for hydroxylation is 1. The van der Waals surface area contributed by atoms with Crippen LogP contribution >= 0.6 is 11.6 Å². The summed E-state index contributed by atoms with van der Waals surface area (Å²) in [5, 5.41) is 12.9. The Balaban J connectivity index is 0.000000445. The van der Waals surface area contributed by atoms with Crippen LogP contribution in [0.15, 0.2) is 24.3 Å². The number of aromatic nitrogens is 2. The van der Waals surface area contributed by atoms with E-state index >= 15 is 0 Å². The lowest BCUT2D eigenvalue weighted by Gasteiger charge is -2.11. The smallest absolute Gasteiger partial charge is 0.374 e. The average molecular weight is 394 g/mol. The van der Waals surface area contributed by atoms with Crippen LogP contribution in [0.4, 0.5) is 0 Å². The van der Waals surface area contributed by atoms with Gasteiger partial charge < -0.3 is 15.2 Å². The maximum absolute atomic E-state index is 10.9. The molecule has 1 heterocycles. The van der Waals surface area contributed by atoms with Crippen LogP contribution in [0, 0.1) is 6.92 Å². The van der Waals surface area contributed by atoms with Crippen LogP contribution in [0.25, 0.3) is 0 Å². The first-order valence-electron chi connectivity index (χ1n) is 8.79. The lowest BCUT2D eigenvalue weighted by molar-refractivity contribution is 0.0682. The summed E-state index contributed by atoms with van der Waals surface area (Å²) < 4.78 is 5.17. The van der Waals surface area contributed by atoms with E-state index in [-0.39, 0.29) is 11.7 Å². The van der Waals surface area contributed by atoms with E-state index in [1.807, 2.05) is 18.2 Å². The first-order chi connectivity index (χ1) is 12.6. The fraction of sp³-hybridized carbons (Fsp3) is 0.450. The minimum absolute atomic E-state index is 0.259. The normalized spacial score (nSPS) is 10.6. The van der Waals surface area contributed by atoms with Gasteiger partial charge in [-0.1, -0.05) is 57.5 Å². The molecule has 0 unspecified atom stereocenters. The minimum atomic E-state index is -1.18. The van der Waals surface area contributed by atoms with Gasteiger partial charge in [-0.2, -0.15) is 4.98 Å². The van der Waals surface area contributed by atoms with E-state index in [0.29, 0.717) is 29.2 Å². The van der Waals surface area contributed by atoms with Crippen LogP contribution in [0.2, 0.25) is 5.02 Å². The number of halogens is 1. The number of nitrogens with one attached hydrogen (secondary N) is 1. The Morgan fingerprint density at radius 1 is 1.19 bits per heavy atom. The number of rotatable bonds is 6. The highest BCUT2D eigenvalue weighted by molar-refractivity contribution is 6.31. The van der Waals surface area contributed by atoms with Crippen molar-refractivity contribution in [3.63, 3.8) is 0 Å². The van der Waals surface area contributed by atoms with Gasteiger partial charge in [0.15, 0.2) is 0 Å². The lowest BCUT2D eigenvalue weighted by atomic mass is 10.0. The highest BCUT2D eigenvalue weighted by Gasteiger charge is 2.17. The predicted molar refractivity (Wildman–Crippen MR) is 108 cm³/mol. The first kappa shape index (κ1) is 22.9. The van der Waals surface area contributed by atoms with Gasteiger partial charge in [0.1, 0.15) is 0 Å². The molecule has 0 aliphatic heterocycles. The second-order valence-corrected chi connectivity index (χ2v) is 7.08. The van der Waals surface area contributed by atoms with Gasteiger partial charge in [-0.3, -0.25) is 0 Å². The Bertz CT molecular complexity index is 758. The quantitative estimate of drug-likeness (QED) is 0.767. The van der Waals surface area contributed by atoms with Crippen molar-refractivity contribution in [2.24, 2.45) is 0 Å². The standard InChI is InChI=1S/C14H13ClN2O3.C6H15N/c1-8-10(7-9-5-3-4-6-11(9)15)13(20-2)17-12(16-8)14(18)19;1-5(2)7-6(3)4/h3-6H,7H2,1-2H3,(H,18,19);5-7H,1-4H3. The van der Waals surface area contributed by atoms with Crippen molar-refractivity contribution in [2.75, 3.05) is 7.11 Å². The number of carboxylic acids is 1. The monoisotopic (exact) mass is 393 g/mol. The number of benzene rings is 1. The molecule has 0 radical (unpaired) electrons. The molecule has 0 saturated heterocycles. The number of carbonyl (C=O) groups is 1.